The van der Waals surface area contributed by atoms with Crippen LogP contribution < -0.4 is 9.47 Å². The predicted molar refractivity (Wildman–Crippen MR) is 69.3 cm³/mol. The van der Waals surface area contributed by atoms with Crippen molar-refractivity contribution in [2.45, 2.75) is 24.3 Å². The predicted octanol–water partition coefficient (Wildman–Crippen LogP) is 2.91. The van der Waals surface area contributed by atoms with E-state index in [0.717, 1.165) is 23.3 Å². The van der Waals surface area contributed by atoms with Gasteiger partial charge in [-0.1, -0.05) is 6.92 Å². The van der Waals surface area contributed by atoms with Gasteiger partial charge >= 0.3 is 0 Å². The Balaban J connectivity index is 2.47. The highest BCUT2D eigenvalue weighted by Crippen LogP contribution is 2.38. The standard InChI is InChI=1S/C13H16O3S/c1-4-12-13(14)9-6-11(16-3)10(15-2)5-8(9)7-17-12/h5-6,12H,4,7H2,1-3H3. The second-order valence-electron chi connectivity index (χ2n) is 3.94. The molecule has 1 aliphatic heterocycles. The van der Waals surface area contributed by atoms with E-state index in [1.807, 2.05) is 13.0 Å². The maximum Gasteiger partial charge on any atom is 0.176 e. The van der Waals surface area contributed by atoms with Crippen LogP contribution in [0, 0.1) is 0 Å². The van der Waals surface area contributed by atoms with Crippen molar-refractivity contribution < 1.29 is 14.3 Å². The highest BCUT2D eigenvalue weighted by Gasteiger charge is 2.28. The summed E-state index contributed by atoms with van der Waals surface area (Å²) in [5.41, 5.74) is 1.83. The molecule has 0 fully saturated rings. The van der Waals surface area contributed by atoms with Gasteiger partial charge in [-0.15, -0.1) is 11.8 Å². The zero-order valence-corrected chi connectivity index (χ0v) is 11.1. The molecule has 1 aromatic rings. The van der Waals surface area contributed by atoms with Gasteiger partial charge in [0.1, 0.15) is 0 Å². The third-order valence-electron chi connectivity index (χ3n) is 2.98. The smallest absolute Gasteiger partial charge is 0.176 e. The summed E-state index contributed by atoms with van der Waals surface area (Å²) in [5.74, 6) is 2.38. The maximum absolute atomic E-state index is 12.2. The Bertz CT molecular complexity index is 443. The molecule has 0 amide bonds. The lowest BCUT2D eigenvalue weighted by molar-refractivity contribution is 0.0985. The number of hydrogen-bond donors (Lipinski definition) is 0. The molecule has 0 bridgehead atoms. The number of methoxy groups -OCH3 is 2. The fourth-order valence-electron chi connectivity index (χ4n) is 2.01. The summed E-state index contributed by atoms with van der Waals surface area (Å²) in [4.78, 5) is 12.2. The van der Waals surface area contributed by atoms with E-state index in [0.29, 0.717) is 11.5 Å². The first kappa shape index (κ1) is 12.3. The van der Waals surface area contributed by atoms with Crippen molar-refractivity contribution in [3.8, 4) is 11.5 Å². The summed E-state index contributed by atoms with van der Waals surface area (Å²) in [7, 11) is 3.19. The first-order valence-corrected chi connectivity index (χ1v) is 6.66. The van der Waals surface area contributed by atoms with Gasteiger partial charge < -0.3 is 9.47 Å². The van der Waals surface area contributed by atoms with Gasteiger partial charge in [-0.3, -0.25) is 4.79 Å². The van der Waals surface area contributed by atoms with E-state index in [9.17, 15) is 4.79 Å². The number of ether oxygens (including phenoxy) is 2. The summed E-state index contributed by atoms with van der Waals surface area (Å²) >= 11 is 1.70. The second kappa shape index (κ2) is 5.00. The molecule has 92 valence electrons. The number of ketones is 1. The molecule has 0 radical (unpaired) electrons. The van der Waals surface area contributed by atoms with Crippen LogP contribution in [0.3, 0.4) is 0 Å². The number of fused-ring (bicyclic) bond motifs is 1. The van der Waals surface area contributed by atoms with Crippen LogP contribution in [0.1, 0.15) is 29.3 Å². The van der Waals surface area contributed by atoms with Gasteiger partial charge in [-0.25, -0.2) is 0 Å². The van der Waals surface area contributed by atoms with Crippen molar-refractivity contribution >= 4 is 17.5 Å². The quantitative estimate of drug-likeness (QED) is 0.828. The highest BCUT2D eigenvalue weighted by molar-refractivity contribution is 8.00. The number of carbonyl (C=O) groups is 1. The average molecular weight is 252 g/mol. The zero-order valence-electron chi connectivity index (χ0n) is 10.3. The van der Waals surface area contributed by atoms with E-state index in [1.54, 1.807) is 32.0 Å². The van der Waals surface area contributed by atoms with Gasteiger partial charge in [-0.05, 0) is 24.1 Å². The van der Waals surface area contributed by atoms with Gasteiger partial charge in [0.2, 0.25) is 0 Å². The molecule has 1 heterocycles. The first-order chi connectivity index (χ1) is 8.21. The summed E-state index contributed by atoms with van der Waals surface area (Å²) in [6.45, 7) is 2.04. The lowest BCUT2D eigenvalue weighted by Gasteiger charge is -2.23. The van der Waals surface area contributed by atoms with Crippen molar-refractivity contribution in [2.75, 3.05) is 14.2 Å². The van der Waals surface area contributed by atoms with Crippen LogP contribution in [0.25, 0.3) is 0 Å². The largest absolute Gasteiger partial charge is 0.493 e. The zero-order chi connectivity index (χ0) is 12.4. The molecule has 1 atom stereocenters. The molecule has 0 saturated heterocycles. The van der Waals surface area contributed by atoms with Crippen molar-refractivity contribution in [1.29, 1.82) is 0 Å². The maximum atomic E-state index is 12.2. The third-order valence-corrected chi connectivity index (χ3v) is 4.41. The molecule has 17 heavy (non-hydrogen) atoms. The lowest BCUT2D eigenvalue weighted by atomic mass is 10.00. The molecule has 4 heteroatoms. The minimum absolute atomic E-state index is 0.0839. The van der Waals surface area contributed by atoms with Crippen LogP contribution >= 0.6 is 11.8 Å². The van der Waals surface area contributed by atoms with E-state index in [2.05, 4.69) is 0 Å². The Morgan fingerprint density at radius 3 is 2.53 bits per heavy atom. The van der Waals surface area contributed by atoms with E-state index < -0.39 is 0 Å². The Labute approximate surface area is 105 Å². The molecule has 0 aliphatic carbocycles. The summed E-state index contributed by atoms with van der Waals surface area (Å²) in [5, 5.41) is 0.0839. The fourth-order valence-corrected chi connectivity index (χ4v) is 3.15. The molecule has 0 aromatic heterocycles. The van der Waals surface area contributed by atoms with E-state index in [1.165, 1.54) is 0 Å². The Morgan fingerprint density at radius 2 is 1.94 bits per heavy atom. The average Bonchev–Trinajstić information content (AvgIpc) is 2.38. The number of Topliss-reactive ketones (excluding diaryl/α,β-unsaturated/α-hetero) is 1. The van der Waals surface area contributed by atoms with E-state index in [-0.39, 0.29) is 11.0 Å². The van der Waals surface area contributed by atoms with Gasteiger partial charge in [0.15, 0.2) is 17.3 Å². The Kier molecular flexibility index (Phi) is 3.62. The van der Waals surface area contributed by atoms with Gasteiger partial charge in [0, 0.05) is 11.3 Å². The monoisotopic (exact) mass is 252 g/mol. The molecule has 1 unspecified atom stereocenters. The lowest BCUT2D eigenvalue weighted by Crippen LogP contribution is -2.22. The summed E-state index contributed by atoms with van der Waals surface area (Å²) in [6, 6.07) is 3.71. The Morgan fingerprint density at radius 1 is 1.29 bits per heavy atom. The van der Waals surface area contributed by atoms with Crippen LogP contribution in [-0.4, -0.2) is 25.3 Å². The van der Waals surface area contributed by atoms with Crippen LogP contribution in [-0.2, 0) is 5.75 Å². The third kappa shape index (κ3) is 2.14. The normalized spacial score (nSPS) is 18.8. The van der Waals surface area contributed by atoms with Gasteiger partial charge in [-0.2, -0.15) is 0 Å². The number of benzene rings is 1. The Hall–Kier alpha value is -1.16. The van der Waals surface area contributed by atoms with E-state index in [4.69, 9.17) is 9.47 Å². The number of hydrogen-bond acceptors (Lipinski definition) is 4. The topological polar surface area (TPSA) is 35.5 Å². The number of rotatable bonds is 3. The first-order valence-electron chi connectivity index (χ1n) is 5.62. The van der Waals surface area contributed by atoms with Crippen molar-refractivity contribution in [2.24, 2.45) is 0 Å². The molecule has 1 aromatic carbocycles. The van der Waals surface area contributed by atoms with Crippen LogP contribution in [0.2, 0.25) is 0 Å². The molecule has 3 nitrogen and oxygen atoms in total. The molecule has 0 N–H and O–H groups in total. The number of carbonyl (C=O) groups excluding carboxylic acids is 1. The van der Waals surface area contributed by atoms with Gasteiger partial charge in [0.05, 0.1) is 19.5 Å². The fraction of sp³-hybridized carbons (Fsp3) is 0.462. The molecule has 2 rings (SSSR count). The van der Waals surface area contributed by atoms with Crippen molar-refractivity contribution in [3.63, 3.8) is 0 Å². The van der Waals surface area contributed by atoms with E-state index >= 15 is 0 Å². The SMILES string of the molecule is CCC1SCc2cc(OC)c(OC)cc2C1=O. The summed E-state index contributed by atoms with van der Waals surface area (Å²) < 4.78 is 10.5. The highest BCUT2D eigenvalue weighted by atomic mass is 32.2. The van der Waals surface area contributed by atoms with Gasteiger partial charge in [0.25, 0.3) is 0 Å². The molecule has 0 spiro atoms. The minimum atomic E-state index is 0.0839. The number of thioether (sulfide) groups is 1. The second-order valence-corrected chi connectivity index (χ2v) is 5.13. The van der Waals surface area contributed by atoms with Crippen molar-refractivity contribution in [1.82, 2.24) is 0 Å². The van der Waals surface area contributed by atoms with Crippen molar-refractivity contribution in [3.05, 3.63) is 23.3 Å². The molecular weight excluding hydrogens is 236 g/mol. The molecule has 1 aliphatic rings. The van der Waals surface area contributed by atoms with Crippen LogP contribution in [0.4, 0.5) is 0 Å². The molecule has 0 saturated carbocycles. The van der Waals surface area contributed by atoms with Crippen LogP contribution in [0.15, 0.2) is 12.1 Å². The van der Waals surface area contributed by atoms with Crippen LogP contribution in [0.5, 0.6) is 11.5 Å². The minimum Gasteiger partial charge on any atom is -0.493 e. The summed E-state index contributed by atoms with van der Waals surface area (Å²) in [6.07, 6.45) is 0.872. The molecular formula is C13H16O3S.